The van der Waals surface area contributed by atoms with Crippen molar-refractivity contribution < 1.29 is 61.6 Å². The van der Waals surface area contributed by atoms with Crippen molar-refractivity contribution in [3.05, 3.63) is 485 Å². The summed E-state index contributed by atoms with van der Waals surface area (Å²) in [7, 11) is 2.17. The van der Waals surface area contributed by atoms with Gasteiger partial charge < -0.3 is 0 Å². The van der Waals surface area contributed by atoms with Crippen molar-refractivity contribution in [2.24, 2.45) is 0 Å². The number of halogens is 4. The fourth-order valence-electron chi connectivity index (χ4n) is 10.3. The van der Waals surface area contributed by atoms with Crippen LogP contribution in [-0.4, -0.2) is 58.6 Å². The van der Waals surface area contributed by atoms with E-state index in [2.05, 4.69) is 485 Å². The molecule has 0 radical (unpaired) electrons. The van der Waals surface area contributed by atoms with Crippen molar-refractivity contribution in [1.29, 1.82) is 0 Å². The Morgan fingerprint density at radius 1 is 0.121 bits per heavy atom. The summed E-state index contributed by atoms with van der Waals surface area (Å²) in [5, 5.41) is 23.2. The van der Waals surface area contributed by atoms with Gasteiger partial charge in [-0.15, -0.1) is 0 Å². The van der Waals surface area contributed by atoms with Gasteiger partial charge >= 0.3 is 120 Å². The van der Waals surface area contributed by atoms with Gasteiger partial charge in [-0.05, 0) is 194 Å². The zero-order valence-corrected chi connectivity index (χ0v) is 83.8. The second-order valence-corrected chi connectivity index (χ2v) is 45.7. The van der Waals surface area contributed by atoms with Crippen LogP contribution in [0, 0.1) is 0 Å². The van der Waals surface area contributed by atoms with E-state index in [-0.39, 0.29) is 68.6 Å². The van der Waals surface area contributed by atoms with Gasteiger partial charge in [0.05, 0.1) is 154 Å². The van der Waals surface area contributed by atoms with Crippen molar-refractivity contribution in [2.45, 2.75) is 0 Å². The maximum Gasteiger partial charge on any atom is 0.0942 e. The van der Waals surface area contributed by atoms with Crippen LogP contribution in [-0.2, 0) is 15.0 Å². The standard InChI is InChI=1S/8C12H11P.4AsFH2O3/c8*1-3-7-11(8-4-1)13-12-9-5-2-6-10-12;4*2-1(3,4)5/h8*1-10,13H;4*(H2,3,4,5). The van der Waals surface area contributed by atoms with Crippen LogP contribution in [0.25, 0.3) is 0 Å². The van der Waals surface area contributed by atoms with Crippen molar-refractivity contribution in [3.8, 4) is 0 Å². The summed E-state index contributed by atoms with van der Waals surface area (Å²) in [6, 6.07) is 171. The molecule has 0 aliphatic heterocycles. The average Bonchev–Trinajstić information content (AvgIpc) is 0.950. The molecule has 16 aromatic rings. The molecule has 0 aliphatic rings. The van der Waals surface area contributed by atoms with Crippen molar-refractivity contribution in [3.63, 3.8) is 0 Å². The zero-order chi connectivity index (χ0) is 89.5. The maximum absolute atomic E-state index is 10.2. The molecule has 28 heteroatoms. The Bertz CT molecular complexity index is 4180. The summed E-state index contributed by atoms with van der Waals surface area (Å²) in [4.78, 5) is 0. The molecule has 0 heterocycles. The SMILES string of the molecule is O=[As]([O-])([O-])F.O=[As]([O-])([O-])F.O=[As]([O-])([O-])F.O=[As]([O-])([O-])F.c1ccc([PH2+]c2ccccc2)cc1.c1ccc([PH2+]c2ccccc2)cc1.c1ccc([PH2+]c2ccccc2)cc1.c1ccc([PH2+]c2ccccc2)cc1.c1ccc([PH2+]c2ccccc2)cc1.c1ccc([PH2+]c2ccccc2)cc1.c1ccc([PH2+]c2ccccc2)cc1.c1ccc([PH2+]c2ccccc2)cc1. The Balaban J connectivity index is 0.000000244. The Hall–Kier alpha value is -8.21. The Kier molecular flexibility index (Phi) is 55.3. The van der Waals surface area contributed by atoms with Crippen LogP contribution in [0.3, 0.4) is 0 Å². The second-order valence-electron chi connectivity index (χ2n) is 25.4. The molecule has 0 atom stereocenters. The van der Waals surface area contributed by atoms with Gasteiger partial charge in [-0.25, -0.2) is 0 Å². The molecule has 0 amide bonds. The molecule has 0 bridgehead atoms. The van der Waals surface area contributed by atoms with E-state index in [0.29, 0.717) is 0 Å². The molecule has 12 nitrogen and oxygen atoms in total. The third-order valence-electron chi connectivity index (χ3n) is 15.5. The van der Waals surface area contributed by atoms with Gasteiger partial charge in [0.25, 0.3) is 0 Å². The van der Waals surface area contributed by atoms with Gasteiger partial charge in [0.1, 0.15) is 0 Å². The normalized spacial score (nSPS) is 10.2. The first kappa shape index (κ1) is 106. The first-order valence-corrected chi connectivity index (χ1v) is 59.3. The van der Waals surface area contributed by atoms with E-state index in [4.69, 9.17) is 47.7 Å². The van der Waals surface area contributed by atoms with Crippen LogP contribution in [0.15, 0.2) is 485 Å². The van der Waals surface area contributed by atoms with E-state index in [1.807, 2.05) is 0 Å². The van der Waals surface area contributed by atoms with E-state index >= 15 is 0 Å². The average molecular weight is 2070 g/mol. The molecule has 0 spiro atoms. The number of benzene rings is 16. The molecule has 0 unspecified atom stereocenters. The van der Waals surface area contributed by atoms with Gasteiger partial charge in [-0.1, -0.05) is 291 Å². The quantitative estimate of drug-likeness (QED) is 0.0567. The molecule has 0 saturated heterocycles. The predicted octanol–water partition coefficient (Wildman–Crippen LogP) is 6.56. The maximum atomic E-state index is 10.2. The molecule has 0 aromatic heterocycles. The van der Waals surface area contributed by atoms with Crippen molar-refractivity contribution in [2.75, 3.05) is 0 Å². The zero-order valence-electron chi connectivity index (χ0n) is 67.0. The predicted molar refractivity (Wildman–Crippen MR) is 525 cm³/mol. The number of hydrogen-bond acceptors (Lipinski definition) is 12. The fourth-order valence-corrected chi connectivity index (χ4v) is 20.0. The molecule has 0 aliphatic carbocycles. The largest absolute Gasteiger partial charge is 0.0942 e. The Labute approximate surface area is 752 Å². The fraction of sp³-hybridized carbons (Fsp3) is 0. The number of hydrogen-bond donors (Lipinski definition) is 0. The van der Waals surface area contributed by atoms with E-state index in [9.17, 15) is 13.9 Å². The van der Waals surface area contributed by atoms with E-state index in [1.54, 1.807) is 0 Å². The third kappa shape index (κ3) is 62.8. The van der Waals surface area contributed by atoms with Crippen molar-refractivity contribution >= 4 is 212 Å². The molecular formula is C96H96As4F4O12P8. The minimum atomic E-state index is -6.12. The molecule has 124 heavy (non-hydrogen) atoms. The molecule has 640 valence electrons. The summed E-state index contributed by atoms with van der Waals surface area (Å²) in [6.07, 6.45) is 0. The van der Waals surface area contributed by atoms with Crippen LogP contribution < -0.4 is 118 Å². The molecule has 16 rings (SSSR count). The third-order valence-corrected chi connectivity index (χ3v) is 27.0. The molecular weight excluding hydrogens is 1970 g/mol. The van der Waals surface area contributed by atoms with Crippen LogP contribution in [0.2, 0.25) is 0 Å². The van der Waals surface area contributed by atoms with Gasteiger partial charge in [0.15, 0.2) is 0 Å². The smallest absolute Gasteiger partial charge is 0.0620 e. The van der Waals surface area contributed by atoms with E-state index in [1.165, 1.54) is 84.9 Å². The summed E-state index contributed by atoms with van der Waals surface area (Å²) in [6.45, 7) is 0. The van der Waals surface area contributed by atoms with Crippen LogP contribution in [0.1, 0.15) is 0 Å². The minimum Gasteiger partial charge on any atom is -0.0620 e. The van der Waals surface area contributed by atoms with Crippen LogP contribution in [0.5, 0.6) is 0 Å². The summed E-state index contributed by atoms with van der Waals surface area (Å²) >= 11 is -24.5. The van der Waals surface area contributed by atoms with Crippen LogP contribution >= 0.6 is 68.6 Å². The van der Waals surface area contributed by atoms with E-state index in [0.717, 1.165) is 0 Å². The van der Waals surface area contributed by atoms with Gasteiger partial charge in [0, 0.05) is 0 Å². The topological polar surface area (TPSA) is 253 Å². The van der Waals surface area contributed by atoms with Gasteiger partial charge in [-0.3, -0.25) is 0 Å². The van der Waals surface area contributed by atoms with Crippen LogP contribution in [0.4, 0.5) is 13.9 Å². The monoisotopic (exact) mass is 2060 g/mol. The first-order valence-electron chi connectivity index (χ1n) is 38.1. The second kappa shape index (κ2) is 64.5. The molecule has 0 N–H and O–H groups in total. The summed E-state index contributed by atoms with van der Waals surface area (Å²) < 4.78 is 143. The summed E-state index contributed by atoms with van der Waals surface area (Å²) in [5.74, 6) is 0. The Morgan fingerprint density at radius 3 is 0.202 bits per heavy atom. The van der Waals surface area contributed by atoms with E-state index < -0.39 is 58.6 Å². The van der Waals surface area contributed by atoms with Gasteiger partial charge in [-0.2, -0.15) is 0 Å². The minimum absolute atomic E-state index is 0.271. The number of rotatable bonds is 16. The first-order chi connectivity index (χ1) is 59.6. The van der Waals surface area contributed by atoms with Crippen molar-refractivity contribution in [1.82, 2.24) is 0 Å². The molecule has 0 saturated carbocycles. The Morgan fingerprint density at radius 2 is 0.161 bits per heavy atom. The summed E-state index contributed by atoms with van der Waals surface area (Å²) in [5.41, 5.74) is 0. The van der Waals surface area contributed by atoms with Gasteiger partial charge in [0.2, 0.25) is 0 Å². The molecule has 16 aromatic carbocycles. The molecule has 0 fully saturated rings.